The summed E-state index contributed by atoms with van der Waals surface area (Å²) in [5, 5.41) is 3.97. The molecule has 0 unspecified atom stereocenters. The van der Waals surface area contributed by atoms with Gasteiger partial charge in [0.1, 0.15) is 5.56 Å². The van der Waals surface area contributed by atoms with Gasteiger partial charge in [-0.1, -0.05) is 85.6 Å². The van der Waals surface area contributed by atoms with Crippen LogP contribution in [0, 0.1) is 6.92 Å². The summed E-state index contributed by atoms with van der Waals surface area (Å²) in [6.45, 7) is 5.89. The monoisotopic (exact) mass is 504 g/mol. The van der Waals surface area contributed by atoms with E-state index >= 15 is 0 Å². The van der Waals surface area contributed by atoms with Gasteiger partial charge in [0.2, 0.25) is 0 Å². The van der Waals surface area contributed by atoms with E-state index < -0.39 is 5.91 Å². The minimum absolute atomic E-state index is 0.0107. The summed E-state index contributed by atoms with van der Waals surface area (Å²) in [6, 6.07) is 21.9. The Labute approximate surface area is 215 Å². The molecule has 35 heavy (non-hydrogen) atoms. The van der Waals surface area contributed by atoms with Gasteiger partial charge in [0, 0.05) is 28.0 Å². The van der Waals surface area contributed by atoms with Gasteiger partial charge in [-0.25, -0.2) is 0 Å². The highest BCUT2D eigenvalue weighted by Gasteiger charge is 2.25. The molecule has 4 rings (SSSR count). The van der Waals surface area contributed by atoms with Crippen molar-refractivity contribution in [2.24, 2.45) is 0 Å². The molecular weight excluding hydrogens is 479 g/mol. The Morgan fingerprint density at radius 2 is 1.46 bits per heavy atom. The van der Waals surface area contributed by atoms with Crippen LogP contribution in [0.1, 0.15) is 41.0 Å². The summed E-state index contributed by atoms with van der Waals surface area (Å²) >= 11 is 13.2. The number of nitrogens with one attached hydrogen (secondary N) is 1. The summed E-state index contributed by atoms with van der Waals surface area (Å²) < 4.78 is 1.83. The van der Waals surface area contributed by atoms with Crippen molar-refractivity contribution < 1.29 is 4.79 Å². The highest BCUT2D eigenvalue weighted by molar-refractivity contribution is 6.34. The molecule has 0 aliphatic carbocycles. The van der Waals surface area contributed by atoms with Gasteiger partial charge >= 0.3 is 0 Å². The van der Waals surface area contributed by atoms with Crippen molar-refractivity contribution in [2.75, 3.05) is 5.32 Å². The Balaban J connectivity index is 2.03. The predicted octanol–water partition coefficient (Wildman–Crippen LogP) is 7.50. The Morgan fingerprint density at radius 3 is 2.06 bits per heavy atom. The smallest absolute Gasteiger partial charge is 0.261 e. The third-order valence-corrected chi connectivity index (χ3v) is 6.74. The first-order valence-electron chi connectivity index (χ1n) is 11.6. The van der Waals surface area contributed by atoms with Crippen molar-refractivity contribution in [1.82, 2.24) is 4.57 Å². The maximum atomic E-state index is 13.9. The van der Waals surface area contributed by atoms with E-state index in [-0.39, 0.29) is 11.0 Å². The van der Waals surface area contributed by atoms with E-state index in [2.05, 4.69) is 5.32 Å². The van der Waals surface area contributed by atoms with Crippen LogP contribution in [0.15, 0.2) is 77.6 Å². The molecule has 6 heteroatoms. The second-order valence-corrected chi connectivity index (χ2v) is 9.07. The molecule has 178 valence electrons. The Kier molecular flexibility index (Phi) is 7.44. The molecular formula is C29H26Cl2N2O2. The van der Waals surface area contributed by atoms with Gasteiger partial charge in [-0.15, -0.1) is 0 Å². The molecule has 0 aliphatic heterocycles. The van der Waals surface area contributed by atoms with E-state index in [0.717, 1.165) is 29.7 Å². The first kappa shape index (κ1) is 24.8. The van der Waals surface area contributed by atoms with Crippen molar-refractivity contribution >= 4 is 34.8 Å². The van der Waals surface area contributed by atoms with Crippen LogP contribution in [0.3, 0.4) is 0 Å². The number of amides is 1. The number of aromatic nitrogens is 1. The maximum absolute atomic E-state index is 13.9. The minimum atomic E-state index is -0.485. The number of anilines is 1. The van der Waals surface area contributed by atoms with E-state index in [1.54, 1.807) is 18.2 Å². The maximum Gasteiger partial charge on any atom is 0.261 e. The van der Waals surface area contributed by atoms with Gasteiger partial charge in [0.05, 0.1) is 16.4 Å². The Hall–Kier alpha value is -3.34. The van der Waals surface area contributed by atoms with Crippen LogP contribution in [0.5, 0.6) is 0 Å². The van der Waals surface area contributed by atoms with Gasteiger partial charge < -0.3 is 9.88 Å². The number of pyridine rings is 1. The van der Waals surface area contributed by atoms with Gasteiger partial charge in [-0.3, -0.25) is 9.59 Å². The number of rotatable bonds is 6. The van der Waals surface area contributed by atoms with E-state index in [0.29, 0.717) is 32.7 Å². The van der Waals surface area contributed by atoms with Crippen LogP contribution >= 0.6 is 23.2 Å². The Morgan fingerprint density at radius 1 is 0.857 bits per heavy atom. The number of carbonyl (C=O) groups excluding carboxylic acids is 1. The summed E-state index contributed by atoms with van der Waals surface area (Å²) in [6.07, 6.45) is 1.50. The molecule has 1 N–H and O–H groups in total. The predicted molar refractivity (Wildman–Crippen MR) is 145 cm³/mol. The van der Waals surface area contributed by atoms with Crippen molar-refractivity contribution in [3.63, 3.8) is 0 Å². The van der Waals surface area contributed by atoms with Crippen molar-refractivity contribution in [1.29, 1.82) is 0 Å². The number of aryl methyl sites for hydroxylation is 3. The summed E-state index contributed by atoms with van der Waals surface area (Å²) in [4.78, 5) is 27.3. The second-order valence-electron chi connectivity index (χ2n) is 8.25. The van der Waals surface area contributed by atoms with E-state index in [9.17, 15) is 9.59 Å². The zero-order valence-electron chi connectivity index (χ0n) is 19.9. The first-order chi connectivity index (χ1) is 16.9. The van der Waals surface area contributed by atoms with Gasteiger partial charge in [0.15, 0.2) is 5.43 Å². The minimum Gasteiger partial charge on any atom is -0.321 e. The lowest BCUT2D eigenvalue weighted by atomic mass is 10.00. The van der Waals surface area contributed by atoms with Gasteiger partial charge in [-0.2, -0.15) is 0 Å². The summed E-state index contributed by atoms with van der Waals surface area (Å²) in [7, 11) is 0. The summed E-state index contributed by atoms with van der Waals surface area (Å²) in [5.41, 5.74) is 4.65. The Bertz CT molecular complexity index is 1450. The molecule has 0 saturated heterocycles. The molecule has 0 saturated carbocycles. The number of benzene rings is 3. The molecule has 4 nitrogen and oxygen atoms in total. The SMILES string of the molecule is CCc1cccc(CC)c1NC(=O)c1c(-c2ccccc2Cl)n(-c2ccccc2Cl)c(C)cc1=O. The molecule has 0 fully saturated rings. The highest BCUT2D eigenvalue weighted by Crippen LogP contribution is 2.35. The molecule has 1 aromatic heterocycles. The highest BCUT2D eigenvalue weighted by atomic mass is 35.5. The van der Waals surface area contributed by atoms with Crippen LogP contribution < -0.4 is 10.7 Å². The molecule has 0 bridgehead atoms. The van der Waals surface area contributed by atoms with Crippen molar-refractivity contribution in [3.8, 4) is 16.9 Å². The van der Waals surface area contributed by atoms with Crippen LogP contribution in [-0.2, 0) is 12.8 Å². The molecule has 0 radical (unpaired) electrons. The third kappa shape index (κ3) is 4.77. The van der Waals surface area contributed by atoms with Crippen LogP contribution in [0.2, 0.25) is 10.0 Å². The van der Waals surface area contributed by atoms with Crippen LogP contribution in [-0.4, -0.2) is 10.5 Å². The number of halogens is 2. The van der Waals surface area contributed by atoms with Gasteiger partial charge in [0.25, 0.3) is 5.91 Å². The molecule has 1 heterocycles. The zero-order valence-corrected chi connectivity index (χ0v) is 21.4. The molecule has 0 spiro atoms. The number of hydrogen-bond donors (Lipinski definition) is 1. The number of nitrogens with zero attached hydrogens (tertiary/aromatic N) is 1. The summed E-state index contributed by atoms with van der Waals surface area (Å²) in [5.74, 6) is -0.485. The van der Waals surface area contributed by atoms with Crippen LogP contribution in [0.4, 0.5) is 5.69 Å². The first-order valence-corrected chi connectivity index (χ1v) is 12.3. The zero-order chi connectivity index (χ0) is 25.1. The quantitative estimate of drug-likeness (QED) is 0.295. The number of para-hydroxylation sites is 2. The average Bonchev–Trinajstić information content (AvgIpc) is 2.84. The lowest BCUT2D eigenvalue weighted by molar-refractivity contribution is 0.102. The lowest BCUT2D eigenvalue weighted by Gasteiger charge is -2.22. The van der Waals surface area contributed by atoms with E-state index in [1.165, 1.54) is 6.07 Å². The largest absolute Gasteiger partial charge is 0.321 e. The molecule has 4 aromatic rings. The molecule has 1 amide bonds. The van der Waals surface area contributed by atoms with Crippen molar-refractivity contribution in [3.05, 3.63) is 115 Å². The normalized spacial score (nSPS) is 10.9. The number of carbonyl (C=O) groups is 1. The van der Waals surface area contributed by atoms with Crippen molar-refractivity contribution in [2.45, 2.75) is 33.6 Å². The van der Waals surface area contributed by atoms with Gasteiger partial charge in [-0.05, 0) is 49.1 Å². The van der Waals surface area contributed by atoms with E-state index in [1.807, 2.05) is 73.9 Å². The fraction of sp³-hybridized carbons (Fsp3) is 0.172. The van der Waals surface area contributed by atoms with E-state index in [4.69, 9.17) is 23.2 Å². The topological polar surface area (TPSA) is 51.1 Å². The van der Waals surface area contributed by atoms with Crippen LogP contribution in [0.25, 0.3) is 16.9 Å². The second kappa shape index (κ2) is 10.5. The molecule has 3 aromatic carbocycles. The molecule has 0 atom stereocenters. The lowest BCUT2D eigenvalue weighted by Crippen LogP contribution is -2.27. The fourth-order valence-corrected chi connectivity index (χ4v) is 4.83. The number of hydrogen-bond acceptors (Lipinski definition) is 2. The third-order valence-electron chi connectivity index (χ3n) is 6.09. The standard InChI is InChI=1S/C29H26Cl2N2O2/c1-4-19-11-10-12-20(5-2)27(19)32-29(35)26-25(34)17-18(3)33(24-16-9-8-15-23(24)31)28(26)21-13-6-7-14-22(21)30/h6-17H,4-5H2,1-3H3,(H,32,35). The molecule has 0 aliphatic rings. The fourth-order valence-electron chi connectivity index (χ4n) is 4.38. The average molecular weight is 505 g/mol.